The van der Waals surface area contributed by atoms with Crippen molar-refractivity contribution in [3.05, 3.63) is 42.0 Å². The number of halogens is 1. The maximum absolute atomic E-state index is 5.81. The van der Waals surface area contributed by atoms with Crippen LogP contribution in [0.5, 0.6) is 0 Å². The van der Waals surface area contributed by atoms with Gasteiger partial charge in [-0.1, -0.05) is 19.1 Å². The summed E-state index contributed by atoms with van der Waals surface area (Å²) >= 11 is 5.81. The summed E-state index contributed by atoms with van der Waals surface area (Å²) in [6, 6.07) is 8.08. The lowest BCUT2D eigenvalue weighted by atomic mass is 10.2. The van der Waals surface area contributed by atoms with Gasteiger partial charge in [0.05, 0.1) is 6.54 Å². The Bertz CT molecular complexity index is 495. The van der Waals surface area contributed by atoms with E-state index in [9.17, 15) is 0 Å². The average molecular weight is 265 g/mol. The standard InChI is InChI=1S/C13H17ClN4/c1-2-6-18-13(16-10-17-18)9-15-12-5-3-4-11(7-12)8-14/h3-5,7,10,15H,2,6,8-9H2,1H3. The Balaban J connectivity index is 1.99. The van der Waals surface area contributed by atoms with Crippen molar-refractivity contribution in [2.45, 2.75) is 32.3 Å². The molecule has 0 bridgehead atoms. The average Bonchev–Trinajstić information content (AvgIpc) is 2.85. The lowest BCUT2D eigenvalue weighted by molar-refractivity contribution is 0.574. The lowest BCUT2D eigenvalue weighted by Crippen LogP contribution is -2.10. The zero-order valence-corrected chi connectivity index (χ0v) is 11.2. The molecule has 2 rings (SSSR count). The molecule has 96 valence electrons. The number of anilines is 1. The molecule has 4 nitrogen and oxygen atoms in total. The Morgan fingerprint density at radius 1 is 1.39 bits per heavy atom. The van der Waals surface area contributed by atoms with E-state index < -0.39 is 0 Å². The molecule has 0 aliphatic heterocycles. The van der Waals surface area contributed by atoms with Gasteiger partial charge in [0.25, 0.3) is 0 Å². The van der Waals surface area contributed by atoms with Crippen molar-refractivity contribution in [1.29, 1.82) is 0 Å². The number of nitrogens with zero attached hydrogens (tertiary/aromatic N) is 3. The van der Waals surface area contributed by atoms with Crippen LogP contribution in [0.4, 0.5) is 5.69 Å². The van der Waals surface area contributed by atoms with Crippen LogP contribution in [0.2, 0.25) is 0 Å². The van der Waals surface area contributed by atoms with Crippen LogP contribution < -0.4 is 5.32 Å². The smallest absolute Gasteiger partial charge is 0.146 e. The van der Waals surface area contributed by atoms with Gasteiger partial charge < -0.3 is 5.32 Å². The summed E-state index contributed by atoms with van der Waals surface area (Å²) in [6.45, 7) is 3.70. The molecule has 0 amide bonds. The minimum atomic E-state index is 0.529. The number of rotatable bonds is 6. The molecular formula is C13H17ClN4. The number of hydrogen-bond acceptors (Lipinski definition) is 3. The quantitative estimate of drug-likeness (QED) is 0.816. The Labute approximate surface area is 112 Å². The second-order valence-corrected chi connectivity index (χ2v) is 4.35. The van der Waals surface area contributed by atoms with Crippen molar-refractivity contribution in [1.82, 2.24) is 14.8 Å². The molecule has 0 saturated carbocycles. The number of benzene rings is 1. The van der Waals surface area contributed by atoms with Gasteiger partial charge in [-0.25, -0.2) is 9.67 Å². The Morgan fingerprint density at radius 3 is 3.06 bits per heavy atom. The van der Waals surface area contributed by atoms with Gasteiger partial charge in [0.15, 0.2) is 0 Å². The molecule has 2 aromatic rings. The van der Waals surface area contributed by atoms with E-state index in [-0.39, 0.29) is 0 Å². The highest BCUT2D eigenvalue weighted by Crippen LogP contribution is 2.13. The zero-order valence-electron chi connectivity index (χ0n) is 10.4. The molecule has 1 aromatic carbocycles. The van der Waals surface area contributed by atoms with Crippen molar-refractivity contribution in [2.24, 2.45) is 0 Å². The molecular weight excluding hydrogens is 248 g/mol. The number of alkyl halides is 1. The largest absolute Gasteiger partial charge is 0.378 e. The molecule has 0 aliphatic rings. The fraction of sp³-hybridized carbons (Fsp3) is 0.385. The van der Waals surface area contributed by atoms with E-state index in [0.29, 0.717) is 12.4 Å². The fourth-order valence-corrected chi connectivity index (χ4v) is 1.94. The molecule has 0 spiro atoms. The minimum Gasteiger partial charge on any atom is -0.378 e. The molecule has 5 heteroatoms. The Morgan fingerprint density at radius 2 is 2.28 bits per heavy atom. The Kier molecular flexibility index (Phi) is 4.59. The summed E-state index contributed by atoms with van der Waals surface area (Å²) in [5.74, 6) is 1.48. The molecule has 1 aromatic heterocycles. The molecule has 0 atom stereocenters. The molecule has 0 aliphatic carbocycles. The SMILES string of the molecule is CCCn1ncnc1CNc1cccc(CCl)c1. The summed E-state index contributed by atoms with van der Waals surface area (Å²) < 4.78 is 1.93. The maximum Gasteiger partial charge on any atom is 0.146 e. The van der Waals surface area contributed by atoms with E-state index in [4.69, 9.17) is 11.6 Å². The summed E-state index contributed by atoms with van der Waals surface area (Å²) in [7, 11) is 0. The van der Waals surface area contributed by atoms with Gasteiger partial charge >= 0.3 is 0 Å². The molecule has 0 fully saturated rings. The van der Waals surface area contributed by atoms with Crippen LogP contribution in [0.1, 0.15) is 24.7 Å². The van der Waals surface area contributed by atoms with Crippen LogP contribution in [0, 0.1) is 0 Å². The van der Waals surface area contributed by atoms with Gasteiger partial charge in [-0.05, 0) is 24.1 Å². The van der Waals surface area contributed by atoms with Gasteiger partial charge in [-0.3, -0.25) is 0 Å². The van der Waals surface area contributed by atoms with Gasteiger partial charge in [-0.15, -0.1) is 11.6 Å². The predicted molar refractivity (Wildman–Crippen MR) is 73.6 cm³/mol. The van der Waals surface area contributed by atoms with E-state index in [1.54, 1.807) is 6.33 Å². The number of aromatic nitrogens is 3. The molecule has 1 N–H and O–H groups in total. The van der Waals surface area contributed by atoms with Crippen molar-refractivity contribution in [3.8, 4) is 0 Å². The molecule has 1 heterocycles. The monoisotopic (exact) mass is 264 g/mol. The van der Waals surface area contributed by atoms with Crippen molar-refractivity contribution in [3.63, 3.8) is 0 Å². The highest BCUT2D eigenvalue weighted by Gasteiger charge is 2.03. The van der Waals surface area contributed by atoms with E-state index >= 15 is 0 Å². The zero-order chi connectivity index (χ0) is 12.8. The first-order valence-corrected chi connectivity index (χ1v) is 6.62. The first kappa shape index (κ1) is 12.9. The van der Waals surface area contributed by atoms with E-state index in [1.807, 2.05) is 28.9 Å². The van der Waals surface area contributed by atoms with Crippen LogP contribution >= 0.6 is 11.6 Å². The number of hydrogen-bond donors (Lipinski definition) is 1. The molecule has 0 unspecified atom stereocenters. The molecule has 0 radical (unpaired) electrons. The highest BCUT2D eigenvalue weighted by atomic mass is 35.5. The lowest BCUT2D eigenvalue weighted by Gasteiger charge is -2.08. The van der Waals surface area contributed by atoms with Gasteiger partial charge in [-0.2, -0.15) is 5.10 Å². The minimum absolute atomic E-state index is 0.529. The van der Waals surface area contributed by atoms with Crippen LogP contribution in [-0.4, -0.2) is 14.8 Å². The van der Waals surface area contributed by atoms with Crippen LogP contribution in [0.3, 0.4) is 0 Å². The second kappa shape index (κ2) is 6.40. The topological polar surface area (TPSA) is 42.7 Å². The van der Waals surface area contributed by atoms with E-state index in [1.165, 1.54) is 0 Å². The van der Waals surface area contributed by atoms with Gasteiger partial charge in [0, 0.05) is 18.1 Å². The third-order valence-electron chi connectivity index (χ3n) is 2.66. The third-order valence-corrected chi connectivity index (χ3v) is 2.97. The second-order valence-electron chi connectivity index (χ2n) is 4.09. The van der Waals surface area contributed by atoms with Crippen molar-refractivity contribution in [2.75, 3.05) is 5.32 Å². The number of nitrogens with one attached hydrogen (secondary N) is 1. The first-order chi connectivity index (χ1) is 8.83. The maximum atomic E-state index is 5.81. The summed E-state index contributed by atoms with van der Waals surface area (Å²) in [6.07, 6.45) is 2.65. The molecule has 0 saturated heterocycles. The van der Waals surface area contributed by atoms with Gasteiger partial charge in [0.1, 0.15) is 12.2 Å². The third kappa shape index (κ3) is 3.23. The number of aryl methyl sites for hydroxylation is 1. The van der Waals surface area contributed by atoms with Crippen molar-refractivity contribution >= 4 is 17.3 Å². The fourth-order valence-electron chi connectivity index (χ4n) is 1.77. The van der Waals surface area contributed by atoms with E-state index in [0.717, 1.165) is 30.0 Å². The van der Waals surface area contributed by atoms with Crippen LogP contribution in [0.15, 0.2) is 30.6 Å². The van der Waals surface area contributed by atoms with Crippen LogP contribution in [0.25, 0.3) is 0 Å². The molecule has 18 heavy (non-hydrogen) atoms. The normalized spacial score (nSPS) is 10.6. The van der Waals surface area contributed by atoms with E-state index in [2.05, 4.69) is 22.3 Å². The Hall–Kier alpha value is -1.55. The van der Waals surface area contributed by atoms with Crippen LogP contribution in [-0.2, 0) is 19.0 Å². The highest BCUT2D eigenvalue weighted by molar-refractivity contribution is 6.17. The summed E-state index contributed by atoms with van der Waals surface area (Å²) in [5, 5.41) is 7.53. The summed E-state index contributed by atoms with van der Waals surface area (Å²) in [4.78, 5) is 4.26. The van der Waals surface area contributed by atoms with Gasteiger partial charge in [0.2, 0.25) is 0 Å². The predicted octanol–water partition coefficient (Wildman–Crippen LogP) is 3.04. The summed E-state index contributed by atoms with van der Waals surface area (Å²) in [5.41, 5.74) is 2.16. The first-order valence-electron chi connectivity index (χ1n) is 6.09. The van der Waals surface area contributed by atoms with Crippen molar-refractivity contribution < 1.29 is 0 Å².